The molecule has 2 aromatic carbocycles. The van der Waals surface area contributed by atoms with E-state index in [2.05, 4.69) is 0 Å². The lowest BCUT2D eigenvalue weighted by Crippen LogP contribution is -2.43. The summed E-state index contributed by atoms with van der Waals surface area (Å²) in [6.45, 7) is 3.56. The fourth-order valence-electron chi connectivity index (χ4n) is 3.42. The van der Waals surface area contributed by atoms with Gasteiger partial charge in [-0.05, 0) is 44.0 Å². The van der Waals surface area contributed by atoms with Crippen LogP contribution in [0.15, 0.2) is 42.5 Å². The lowest BCUT2D eigenvalue weighted by Gasteiger charge is -2.26. The molecule has 0 fully saturated rings. The van der Waals surface area contributed by atoms with E-state index >= 15 is 0 Å². The SMILES string of the molecule is COc1cccc(OC)c1C(=O)O[C@@H](C)C(=O)N1c2ccccc2C[C@H]1C. The second kappa shape index (κ2) is 7.70. The van der Waals surface area contributed by atoms with E-state index in [1.165, 1.54) is 14.2 Å². The minimum atomic E-state index is -0.944. The number of para-hydroxylation sites is 1. The third-order valence-electron chi connectivity index (χ3n) is 4.71. The molecule has 1 aliphatic rings. The van der Waals surface area contributed by atoms with Gasteiger partial charge in [-0.1, -0.05) is 24.3 Å². The van der Waals surface area contributed by atoms with Gasteiger partial charge in [0, 0.05) is 11.7 Å². The monoisotopic (exact) mass is 369 g/mol. The number of carbonyl (C=O) groups is 2. The summed E-state index contributed by atoms with van der Waals surface area (Å²) in [6.07, 6.45) is -0.163. The van der Waals surface area contributed by atoms with Crippen molar-refractivity contribution >= 4 is 17.6 Å². The van der Waals surface area contributed by atoms with E-state index in [-0.39, 0.29) is 17.5 Å². The van der Waals surface area contributed by atoms with Gasteiger partial charge in [0.15, 0.2) is 6.10 Å². The lowest BCUT2D eigenvalue weighted by atomic mass is 10.1. The van der Waals surface area contributed by atoms with Crippen molar-refractivity contribution < 1.29 is 23.8 Å². The predicted octanol–water partition coefficient (Wildman–Crippen LogP) is 3.23. The highest BCUT2D eigenvalue weighted by Gasteiger charge is 2.35. The maximum atomic E-state index is 13.0. The Balaban J connectivity index is 1.81. The first kappa shape index (κ1) is 18.8. The Morgan fingerprint density at radius 2 is 1.67 bits per heavy atom. The van der Waals surface area contributed by atoms with Crippen molar-refractivity contribution in [3.05, 3.63) is 53.6 Å². The highest BCUT2D eigenvalue weighted by atomic mass is 16.6. The first-order valence-electron chi connectivity index (χ1n) is 8.80. The van der Waals surface area contributed by atoms with Gasteiger partial charge in [0.1, 0.15) is 17.1 Å². The molecule has 0 radical (unpaired) electrons. The zero-order valence-electron chi connectivity index (χ0n) is 15.9. The zero-order valence-corrected chi connectivity index (χ0v) is 15.9. The van der Waals surface area contributed by atoms with E-state index in [1.807, 2.05) is 31.2 Å². The molecule has 1 aliphatic heterocycles. The third kappa shape index (κ3) is 3.47. The molecule has 6 nitrogen and oxygen atoms in total. The summed E-state index contributed by atoms with van der Waals surface area (Å²) in [5.41, 5.74) is 2.15. The van der Waals surface area contributed by atoms with Gasteiger partial charge in [0.25, 0.3) is 5.91 Å². The summed E-state index contributed by atoms with van der Waals surface area (Å²) in [6, 6.07) is 12.8. The Kier molecular flexibility index (Phi) is 5.35. The first-order valence-corrected chi connectivity index (χ1v) is 8.80. The molecule has 2 aromatic rings. The number of esters is 1. The van der Waals surface area contributed by atoms with Crippen LogP contribution < -0.4 is 14.4 Å². The van der Waals surface area contributed by atoms with Gasteiger partial charge in [-0.25, -0.2) is 4.79 Å². The van der Waals surface area contributed by atoms with Crippen molar-refractivity contribution in [2.24, 2.45) is 0 Å². The fourth-order valence-corrected chi connectivity index (χ4v) is 3.42. The van der Waals surface area contributed by atoms with Crippen molar-refractivity contribution in [2.75, 3.05) is 19.1 Å². The van der Waals surface area contributed by atoms with Crippen LogP contribution in [0.4, 0.5) is 5.69 Å². The summed E-state index contributed by atoms with van der Waals surface area (Å²) in [7, 11) is 2.92. The Bertz CT molecular complexity index is 841. The minimum Gasteiger partial charge on any atom is -0.496 e. The molecule has 0 aromatic heterocycles. The third-order valence-corrected chi connectivity index (χ3v) is 4.71. The van der Waals surface area contributed by atoms with Gasteiger partial charge in [0.05, 0.1) is 14.2 Å². The fraction of sp³-hybridized carbons (Fsp3) is 0.333. The molecular weight excluding hydrogens is 346 g/mol. The zero-order chi connectivity index (χ0) is 19.6. The maximum Gasteiger partial charge on any atom is 0.346 e. The summed E-state index contributed by atoms with van der Waals surface area (Å²) in [5.74, 6) is -0.252. The number of methoxy groups -OCH3 is 2. The number of fused-ring (bicyclic) bond motifs is 1. The summed E-state index contributed by atoms with van der Waals surface area (Å²) >= 11 is 0. The highest BCUT2D eigenvalue weighted by Crippen LogP contribution is 2.33. The average Bonchev–Trinajstić information content (AvgIpc) is 3.01. The topological polar surface area (TPSA) is 65.1 Å². The van der Waals surface area contributed by atoms with Gasteiger partial charge >= 0.3 is 5.97 Å². The van der Waals surface area contributed by atoms with Crippen LogP contribution in [0, 0.1) is 0 Å². The Hall–Kier alpha value is -3.02. The normalized spacial score (nSPS) is 16.4. The summed E-state index contributed by atoms with van der Waals surface area (Å²) < 4.78 is 15.9. The Morgan fingerprint density at radius 3 is 2.30 bits per heavy atom. The van der Waals surface area contributed by atoms with Crippen LogP contribution in [-0.2, 0) is 16.0 Å². The summed E-state index contributed by atoms with van der Waals surface area (Å²) in [4.78, 5) is 27.4. The summed E-state index contributed by atoms with van der Waals surface area (Å²) in [5, 5.41) is 0. The molecule has 142 valence electrons. The number of carbonyl (C=O) groups excluding carboxylic acids is 2. The molecule has 2 atom stereocenters. The van der Waals surface area contributed by atoms with E-state index in [0.29, 0.717) is 11.5 Å². The second-order valence-corrected chi connectivity index (χ2v) is 6.48. The van der Waals surface area contributed by atoms with Crippen LogP contribution in [-0.4, -0.2) is 38.2 Å². The molecule has 1 amide bonds. The van der Waals surface area contributed by atoms with Crippen LogP contribution in [0.2, 0.25) is 0 Å². The van der Waals surface area contributed by atoms with Crippen molar-refractivity contribution in [3.8, 4) is 11.5 Å². The number of anilines is 1. The number of hydrogen-bond acceptors (Lipinski definition) is 5. The smallest absolute Gasteiger partial charge is 0.346 e. The van der Waals surface area contributed by atoms with E-state index in [9.17, 15) is 9.59 Å². The van der Waals surface area contributed by atoms with Crippen molar-refractivity contribution in [3.63, 3.8) is 0 Å². The number of benzene rings is 2. The molecule has 0 spiro atoms. The molecule has 0 unspecified atom stereocenters. The van der Waals surface area contributed by atoms with E-state index in [1.54, 1.807) is 30.0 Å². The number of ether oxygens (including phenoxy) is 3. The molecule has 27 heavy (non-hydrogen) atoms. The number of hydrogen-bond donors (Lipinski definition) is 0. The molecule has 3 rings (SSSR count). The number of nitrogens with zero attached hydrogens (tertiary/aromatic N) is 1. The predicted molar refractivity (Wildman–Crippen MR) is 102 cm³/mol. The highest BCUT2D eigenvalue weighted by molar-refractivity contribution is 6.02. The van der Waals surface area contributed by atoms with Gasteiger partial charge in [-0.2, -0.15) is 0 Å². The van der Waals surface area contributed by atoms with Crippen LogP contribution in [0.1, 0.15) is 29.8 Å². The van der Waals surface area contributed by atoms with Crippen molar-refractivity contribution in [1.82, 2.24) is 0 Å². The number of rotatable bonds is 5. The number of amides is 1. The molecule has 0 aliphatic carbocycles. The van der Waals surface area contributed by atoms with E-state index in [4.69, 9.17) is 14.2 Å². The van der Waals surface area contributed by atoms with Crippen LogP contribution >= 0.6 is 0 Å². The van der Waals surface area contributed by atoms with Crippen molar-refractivity contribution in [2.45, 2.75) is 32.4 Å². The van der Waals surface area contributed by atoms with Crippen LogP contribution in [0.3, 0.4) is 0 Å². The van der Waals surface area contributed by atoms with Gasteiger partial charge < -0.3 is 19.1 Å². The molecule has 0 N–H and O–H groups in total. The molecule has 6 heteroatoms. The van der Waals surface area contributed by atoms with E-state index in [0.717, 1.165) is 17.7 Å². The first-order chi connectivity index (χ1) is 13.0. The van der Waals surface area contributed by atoms with Gasteiger partial charge in [-0.15, -0.1) is 0 Å². The average molecular weight is 369 g/mol. The van der Waals surface area contributed by atoms with Gasteiger partial charge in [0.2, 0.25) is 0 Å². The Morgan fingerprint density at radius 1 is 1.04 bits per heavy atom. The Labute approximate surface area is 158 Å². The van der Waals surface area contributed by atoms with Crippen LogP contribution in [0.5, 0.6) is 11.5 Å². The molecule has 1 heterocycles. The quantitative estimate of drug-likeness (QED) is 0.757. The largest absolute Gasteiger partial charge is 0.496 e. The van der Waals surface area contributed by atoms with Crippen molar-refractivity contribution in [1.29, 1.82) is 0 Å². The van der Waals surface area contributed by atoms with Gasteiger partial charge in [-0.3, -0.25) is 4.79 Å². The molecule has 0 bridgehead atoms. The maximum absolute atomic E-state index is 13.0. The van der Waals surface area contributed by atoms with E-state index < -0.39 is 12.1 Å². The lowest BCUT2D eigenvalue weighted by molar-refractivity contribution is -0.126. The second-order valence-electron chi connectivity index (χ2n) is 6.48. The standard InChI is InChI=1S/C21H23NO5/c1-13-12-15-8-5-6-9-16(15)22(13)20(23)14(2)27-21(24)19-17(25-3)10-7-11-18(19)26-4/h5-11,13-14H,12H2,1-4H3/t13-,14+/m1/s1. The molecule has 0 saturated heterocycles. The minimum absolute atomic E-state index is 0.0110. The van der Waals surface area contributed by atoms with Crippen LogP contribution in [0.25, 0.3) is 0 Å². The molecule has 0 saturated carbocycles. The molecular formula is C21H23NO5.